The van der Waals surface area contributed by atoms with Crippen LogP contribution in [0.3, 0.4) is 0 Å². The minimum atomic E-state index is -0.786. The molecule has 1 aliphatic rings. The Labute approximate surface area is 103 Å². The lowest BCUT2D eigenvalue weighted by Gasteiger charge is -2.32. The van der Waals surface area contributed by atoms with Crippen LogP contribution < -0.4 is 0 Å². The summed E-state index contributed by atoms with van der Waals surface area (Å²) in [5.41, 5.74) is -0.612. The first-order chi connectivity index (χ1) is 7.53. The summed E-state index contributed by atoms with van der Waals surface area (Å²) >= 11 is 11.3. The first kappa shape index (κ1) is 12.0. The largest absolute Gasteiger partial charge is 0.367 e. The fourth-order valence-electron chi connectivity index (χ4n) is 1.74. The van der Waals surface area contributed by atoms with Crippen LogP contribution in [0.2, 0.25) is 10.3 Å². The van der Waals surface area contributed by atoms with Gasteiger partial charge in [-0.1, -0.05) is 23.2 Å². The topological polar surface area (TPSA) is 35.0 Å². The Morgan fingerprint density at radius 1 is 1.25 bits per heavy atom. The van der Waals surface area contributed by atoms with Gasteiger partial charge in [-0.2, -0.15) is 0 Å². The third-order valence-electron chi connectivity index (χ3n) is 2.71. The second-order valence-electron chi connectivity index (χ2n) is 3.98. The molecule has 88 valence electrons. The Bertz CT molecular complexity index is 385. The Morgan fingerprint density at radius 3 is 2.38 bits per heavy atom. The van der Waals surface area contributed by atoms with E-state index in [1.54, 1.807) is 0 Å². The van der Waals surface area contributed by atoms with Crippen molar-refractivity contribution in [1.29, 1.82) is 0 Å². The summed E-state index contributed by atoms with van der Waals surface area (Å²) in [4.78, 5) is 7.80. The number of nitrogens with zero attached hydrogens (tertiary/aromatic N) is 2. The van der Waals surface area contributed by atoms with Gasteiger partial charge in [0.1, 0.15) is 5.60 Å². The fourth-order valence-corrected chi connectivity index (χ4v) is 2.13. The Hall–Kier alpha value is -0.450. The van der Waals surface area contributed by atoms with Gasteiger partial charge in [0.2, 0.25) is 0 Å². The van der Waals surface area contributed by atoms with Crippen LogP contribution in [0.5, 0.6) is 0 Å². The van der Waals surface area contributed by atoms with Crippen LogP contribution >= 0.6 is 23.2 Å². The molecule has 0 N–H and O–H groups in total. The van der Waals surface area contributed by atoms with Gasteiger partial charge in [-0.3, -0.25) is 0 Å². The zero-order valence-electron chi connectivity index (χ0n) is 8.76. The van der Waals surface area contributed by atoms with E-state index < -0.39 is 11.4 Å². The minimum Gasteiger partial charge on any atom is -0.367 e. The molecule has 1 saturated heterocycles. The number of ether oxygens (including phenoxy) is 1. The van der Waals surface area contributed by atoms with E-state index in [0.29, 0.717) is 12.4 Å². The molecule has 16 heavy (non-hydrogen) atoms. The molecule has 0 radical (unpaired) electrons. The van der Waals surface area contributed by atoms with Crippen molar-refractivity contribution >= 4 is 23.2 Å². The summed E-state index contributed by atoms with van der Waals surface area (Å²) in [7, 11) is 0. The summed E-state index contributed by atoms with van der Waals surface area (Å²) in [6, 6.07) is 0. The summed E-state index contributed by atoms with van der Waals surface area (Å²) in [6.45, 7) is 2.51. The Kier molecular flexibility index (Phi) is 3.33. The molecule has 1 fully saturated rings. The van der Waals surface area contributed by atoms with Gasteiger partial charge >= 0.3 is 0 Å². The number of hydrogen-bond acceptors (Lipinski definition) is 3. The zero-order valence-corrected chi connectivity index (χ0v) is 10.3. The third kappa shape index (κ3) is 2.14. The highest BCUT2D eigenvalue weighted by Gasteiger charge is 2.34. The Balaban J connectivity index is 2.39. The lowest BCUT2D eigenvalue weighted by atomic mass is 9.95. The normalized spacial score (nSPS) is 25.8. The van der Waals surface area contributed by atoms with Gasteiger partial charge in [-0.05, 0) is 26.2 Å². The fraction of sp³-hybridized carbons (Fsp3) is 0.600. The van der Waals surface area contributed by atoms with Crippen molar-refractivity contribution in [2.24, 2.45) is 0 Å². The number of halogens is 3. The lowest BCUT2D eigenvalue weighted by molar-refractivity contribution is -0.0761. The van der Waals surface area contributed by atoms with Gasteiger partial charge in [0.25, 0.3) is 0 Å². The molecular weight excluding hydrogens is 254 g/mol. The third-order valence-corrected chi connectivity index (χ3v) is 3.21. The number of hydrogen-bond donors (Lipinski definition) is 0. The molecule has 1 aromatic rings. The molecule has 1 unspecified atom stereocenters. The van der Waals surface area contributed by atoms with E-state index in [-0.39, 0.29) is 10.3 Å². The van der Waals surface area contributed by atoms with Crippen molar-refractivity contribution in [1.82, 2.24) is 9.97 Å². The van der Waals surface area contributed by atoms with E-state index >= 15 is 0 Å². The van der Waals surface area contributed by atoms with Gasteiger partial charge in [0.05, 0.1) is 0 Å². The van der Waals surface area contributed by atoms with Crippen LogP contribution in [-0.2, 0) is 10.3 Å². The van der Waals surface area contributed by atoms with E-state index in [9.17, 15) is 4.39 Å². The molecule has 1 aromatic heterocycles. The van der Waals surface area contributed by atoms with Crippen molar-refractivity contribution in [2.75, 3.05) is 6.61 Å². The maximum absolute atomic E-state index is 13.2. The molecule has 2 heterocycles. The highest BCUT2D eigenvalue weighted by Crippen LogP contribution is 2.34. The van der Waals surface area contributed by atoms with E-state index in [1.165, 1.54) is 0 Å². The first-order valence-electron chi connectivity index (χ1n) is 5.06. The molecule has 2 rings (SSSR count). The van der Waals surface area contributed by atoms with Crippen LogP contribution in [0.15, 0.2) is 0 Å². The number of aromatic nitrogens is 2. The molecule has 3 nitrogen and oxygen atoms in total. The molecule has 6 heteroatoms. The minimum absolute atomic E-state index is 0.259. The molecule has 1 aliphatic heterocycles. The van der Waals surface area contributed by atoms with Gasteiger partial charge < -0.3 is 4.74 Å². The molecule has 0 spiro atoms. The van der Waals surface area contributed by atoms with Crippen LogP contribution in [-0.4, -0.2) is 16.6 Å². The van der Waals surface area contributed by atoms with Crippen LogP contribution in [0.25, 0.3) is 0 Å². The summed E-state index contributed by atoms with van der Waals surface area (Å²) < 4.78 is 18.8. The first-order valence-corrected chi connectivity index (χ1v) is 5.81. The van der Waals surface area contributed by atoms with Crippen molar-refractivity contribution in [3.8, 4) is 0 Å². The quantitative estimate of drug-likeness (QED) is 0.730. The predicted octanol–water partition coefficient (Wildman–Crippen LogP) is 3.34. The predicted molar refractivity (Wildman–Crippen MR) is 59.2 cm³/mol. The van der Waals surface area contributed by atoms with E-state index in [0.717, 1.165) is 19.3 Å². The summed E-state index contributed by atoms with van der Waals surface area (Å²) in [6.07, 6.45) is 2.82. The molecule has 1 atom stereocenters. The van der Waals surface area contributed by atoms with Crippen molar-refractivity contribution in [3.63, 3.8) is 0 Å². The van der Waals surface area contributed by atoms with E-state index in [4.69, 9.17) is 27.9 Å². The molecular formula is C10H11Cl2FN2O. The van der Waals surface area contributed by atoms with Crippen molar-refractivity contribution in [3.05, 3.63) is 21.9 Å². The lowest BCUT2D eigenvalue weighted by Crippen LogP contribution is -2.32. The number of rotatable bonds is 1. The Morgan fingerprint density at radius 2 is 1.88 bits per heavy atom. The zero-order chi connectivity index (χ0) is 11.8. The van der Waals surface area contributed by atoms with Gasteiger partial charge in [-0.15, -0.1) is 0 Å². The maximum atomic E-state index is 13.2. The van der Waals surface area contributed by atoms with Gasteiger partial charge in [0, 0.05) is 6.61 Å². The second kappa shape index (κ2) is 4.43. The molecule has 0 bridgehead atoms. The van der Waals surface area contributed by atoms with Gasteiger partial charge in [-0.25, -0.2) is 14.4 Å². The average molecular weight is 265 g/mol. The summed E-state index contributed by atoms with van der Waals surface area (Å²) in [5, 5.41) is -0.518. The monoisotopic (exact) mass is 264 g/mol. The smallest absolute Gasteiger partial charge is 0.197 e. The average Bonchev–Trinajstić information content (AvgIpc) is 2.26. The van der Waals surface area contributed by atoms with Crippen LogP contribution in [0.4, 0.5) is 4.39 Å². The van der Waals surface area contributed by atoms with Crippen molar-refractivity contribution in [2.45, 2.75) is 31.8 Å². The van der Waals surface area contributed by atoms with Crippen molar-refractivity contribution < 1.29 is 9.13 Å². The molecule has 0 saturated carbocycles. The van der Waals surface area contributed by atoms with Crippen LogP contribution in [0.1, 0.15) is 32.0 Å². The standard InChI is InChI=1S/C10H11Cl2FN2O/c1-10(4-2-3-5-16-10)9-14-7(11)6(13)8(12)15-9/h2-5H2,1H3. The molecule has 0 aromatic carbocycles. The molecule has 0 aliphatic carbocycles. The summed E-state index contributed by atoms with van der Waals surface area (Å²) in [5.74, 6) is -0.435. The highest BCUT2D eigenvalue weighted by atomic mass is 35.5. The van der Waals surface area contributed by atoms with E-state index in [1.807, 2.05) is 6.92 Å². The van der Waals surface area contributed by atoms with Crippen LogP contribution in [0, 0.1) is 5.82 Å². The second-order valence-corrected chi connectivity index (χ2v) is 4.70. The molecule has 0 amide bonds. The highest BCUT2D eigenvalue weighted by molar-refractivity contribution is 6.33. The van der Waals surface area contributed by atoms with Gasteiger partial charge in [0.15, 0.2) is 21.9 Å². The SMILES string of the molecule is CC1(c2nc(Cl)c(F)c(Cl)n2)CCCCO1. The van der Waals surface area contributed by atoms with E-state index in [2.05, 4.69) is 9.97 Å². The maximum Gasteiger partial charge on any atom is 0.197 e.